The van der Waals surface area contributed by atoms with Gasteiger partial charge in [0, 0.05) is 49.7 Å². The fraction of sp³-hybridized carbons (Fsp3) is 0.450. The number of pyridine rings is 2. The second-order valence-electron chi connectivity index (χ2n) is 7.51. The van der Waals surface area contributed by atoms with Gasteiger partial charge in [0.25, 0.3) is 0 Å². The molecule has 0 aliphatic carbocycles. The Morgan fingerprint density at radius 3 is 2.73 bits per heavy atom. The van der Waals surface area contributed by atoms with Crippen molar-refractivity contribution in [2.75, 3.05) is 36.3 Å². The molecule has 0 unspecified atom stereocenters. The van der Waals surface area contributed by atoms with Crippen molar-refractivity contribution < 1.29 is 13.2 Å². The van der Waals surface area contributed by atoms with Gasteiger partial charge in [-0.1, -0.05) is 0 Å². The highest BCUT2D eigenvalue weighted by molar-refractivity contribution is 7.90. The minimum atomic E-state index is -3.53. The summed E-state index contributed by atoms with van der Waals surface area (Å²) in [6.07, 6.45) is 5.57. The Morgan fingerprint density at radius 1 is 1.12 bits per heavy atom. The summed E-state index contributed by atoms with van der Waals surface area (Å²) in [5, 5.41) is 12.2. The Kier molecular flexibility index (Phi) is 6.99. The van der Waals surface area contributed by atoms with Gasteiger partial charge in [-0.15, -0.1) is 10.2 Å². The normalized spacial score (nSPS) is 15.7. The summed E-state index contributed by atoms with van der Waals surface area (Å²) in [5.74, 6) is 1.35. The van der Waals surface area contributed by atoms with E-state index in [2.05, 4.69) is 25.4 Å². The van der Waals surface area contributed by atoms with Crippen LogP contribution in [-0.2, 0) is 16.8 Å². The molecule has 13 heteroatoms. The lowest BCUT2D eigenvalue weighted by atomic mass is 10.2. The topological polar surface area (TPSA) is 145 Å². The highest BCUT2D eigenvalue weighted by atomic mass is 32.2. The Labute approximate surface area is 192 Å². The third-order valence-corrected chi connectivity index (χ3v) is 7.21. The number of aryl methyl sites for hydroxylation is 1. The average molecular weight is 474 g/mol. The van der Waals surface area contributed by atoms with Crippen molar-refractivity contribution in [3.05, 3.63) is 36.7 Å². The first-order valence-electron chi connectivity index (χ1n) is 10.8. The lowest BCUT2D eigenvalue weighted by Crippen LogP contribution is -2.33. The second kappa shape index (κ2) is 10.1. The van der Waals surface area contributed by atoms with E-state index in [4.69, 9.17) is 10.5 Å². The van der Waals surface area contributed by atoms with Crippen LogP contribution in [0.5, 0.6) is 5.88 Å². The van der Waals surface area contributed by atoms with Gasteiger partial charge in [-0.2, -0.15) is 17.5 Å². The van der Waals surface area contributed by atoms with Crippen molar-refractivity contribution in [3.8, 4) is 17.3 Å². The molecule has 12 nitrogen and oxygen atoms in total. The second-order valence-corrected chi connectivity index (χ2v) is 9.37. The summed E-state index contributed by atoms with van der Waals surface area (Å²) in [7, 11) is -3.53. The lowest BCUT2D eigenvalue weighted by molar-refractivity contribution is 0.291. The SMILES string of the molecule is CCn1nnc(-c2ccc(OCCCCCN3CCN(c4ccnc(N)c4)S3(=O)=O)nc2)n1. The largest absolute Gasteiger partial charge is 0.478 e. The van der Waals surface area contributed by atoms with Crippen LogP contribution in [-0.4, -0.2) is 69.1 Å². The van der Waals surface area contributed by atoms with Gasteiger partial charge in [0.15, 0.2) is 0 Å². The molecule has 0 bridgehead atoms. The number of nitrogens with zero attached hydrogens (tertiary/aromatic N) is 8. The highest BCUT2D eigenvalue weighted by Gasteiger charge is 2.36. The molecular formula is C20H27N9O3S. The Balaban J connectivity index is 1.18. The number of tetrazole rings is 1. The fourth-order valence-electron chi connectivity index (χ4n) is 3.49. The van der Waals surface area contributed by atoms with Crippen molar-refractivity contribution in [2.45, 2.75) is 32.7 Å². The van der Waals surface area contributed by atoms with E-state index in [0.29, 0.717) is 56.0 Å². The molecule has 0 amide bonds. The van der Waals surface area contributed by atoms with Crippen molar-refractivity contribution in [1.82, 2.24) is 34.5 Å². The third-order valence-electron chi connectivity index (χ3n) is 5.24. The monoisotopic (exact) mass is 473 g/mol. The maximum absolute atomic E-state index is 12.8. The summed E-state index contributed by atoms with van der Waals surface area (Å²) in [5.41, 5.74) is 7.01. The molecule has 176 valence electrons. The van der Waals surface area contributed by atoms with Crippen LogP contribution >= 0.6 is 0 Å². The minimum Gasteiger partial charge on any atom is -0.478 e. The van der Waals surface area contributed by atoms with Crippen LogP contribution in [0.2, 0.25) is 0 Å². The van der Waals surface area contributed by atoms with Gasteiger partial charge < -0.3 is 10.5 Å². The van der Waals surface area contributed by atoms with Crippen molar-refractivity contribution in [2.24, 2.45) is 0 Å². The van der Waals surface area contributed by atoms with Crippen molar-refractivity contribution in [3.63, 3.8) is 0 Å². The number of nitrogens with two attached hydrogens (primary N) is 1. The number of rotatable bonds is 10. The number of unbranched alkanes of at least 4 members (excludes halogenated alkanes) is 2. The van der Waals surface area contributed by atoms with Crippen molar-refractivity contribution in [1.29, 1.82) is 0 Å². The zero-order valence-electron chi connectivity index (χ0n) is 18.4. The predicted molar refractivity (Wildman–Crippen MR) is 123 cm³/mol. The van der Waals surface area contributed by atoms with Gasteiger partial charge in [0.05, 0.1) is 18.8 Å². The molecule has 1 aliphatic heterocycles. The Hall–Kier alpha value is -3.32. The quantitative estimate of drug-likeness (QED) is 0.431. The van der Waals surface area contributed by atoms with Crippen molar-refractivity contribution >= 4 is 21.7 Å². The van der Waals surface area contributed by atoms with Crippen LogP contribution in [0, 0.1) is 0 Å². The summed E-state index contributed by atoms with van der Waals surface area (Å²) >= 11 is 0. The standard InChI is InChI=1S/C20H27N9O3S/c1-2-29-25-20(24-26-29)16-6-7-19(23-15-16)32-13-5-3-4-10-27-11-12-28(33(27,30)31)17-8-9-22-18(21)14-17/h6-9,14-15H,2-5,10-13H2,1H3,(H2,21,22). The van der Waals surface area contributed by atoms with E-state index >= 15 is 0 Å². The van der Waals surface area contributed by atoms with E-state index in [1.54, 1.807) is 24.4 Å². The van der Waals surface area contributed by atoms with Crippen LogP contribution in [0.1, 0.15) is 26.2 Å². The Bertz CT molecular complexity index is 1170. The van der Waals surface area contributed by atoms with Crippen LogP contribution in [0.15, 0.2) is 36.7 Å². The average Bonchev–Trinajstić information content (AvgIpc) is 3.40. The van der Waals surface area contributed by atoms with Crippen LogP contribution in [0.25, 0.3) is 11.4 Å². The molecule has 0 spiro atoms. The van der Waals surface area contributed by atoms with Gasteiger partial charge in [-0.3, -0.25) is 4.31 Å². The molecule has 1 saturated heterocycles. The molecule has 3 aromatic heterocycles. The lowest BCUT2D eigenvalue weighted by Gasteiger charge is -2.20. The molecule has 3 aromatic rings. The molecule has 1 fully saturated rings. The molecule has 0 radical (unpaired) electrons. The van der Waals surface area contributed by atoms with E-state index in [1.165, 1.54) is 19.6 Å². The summed E-state index contributed by atoms with van der Waals surface area (Å²) in [4.78, 5) is 9.72. The number of aromatic nitrogens is 6. The molecule has 0 atom stereocenters. The summed E-state index contributed by atoms with van der Waals surface area (Å²) in [6, 6.07) is 6.85. The molecular weight excluding hydrogens is 446 g/mol. The van der Waals surface area contributed by atoms with Gasteiger partial charge in [-0.05, 0) is 43.5 Å². The van der Waals surface area contributed by atoms with E-state index < -0.39 is 10.2 Å². The maximum Gasteiger partial charge on any atom is 0.304 e. The summed E-state index contributed by atoms with van der Waals surface area (Å²) in [6.45, 7) is 4.44. The van der Waals surface area contributed by atoms with Gasteiger partial charge in [-0.25, -0.2) is 9.97 Å². The zero-order valence-corrected chi connectivity index (χ0v) is 19.2. The summed E-state index contributed by atoms with van der Waals surface area (Å²) < 4.78 is 34.2. The number of ether oxygens (including phenoxy) is 1. The first kappa shape index (κ1) is 22.9. The van der Waals surface area contributed by atoms with Crippen LogP contribution < -0.4 is 14.8 Å². The predicted octanol–water partition coefficient (Wildman–Crippen LogP) is 1.35. The zero-order chi connectivity index (χ0) is 23.3. The number of hydrogen-bond donors (Lipinski definition) is 1. The third kappa shape index (κ3) is 5.37. The minimum absolute atomic E-state index is 0.297. The van der Waals surface area contributed by atoms with E-state index in [-0.39, 0.29) is 0 Å². The van der Waals surface area contributed by atoms with E-state index in [1.807, 2.05) is 13.0 Å². The van der Waals surface area contributed by atoms with Crippen LogP contribution in [0.3, 0.4) is 0 Å². The van der Waals surface area contributed by atoms with E-state index in [0.717, 1.165) is 24.8 Å². The fourth-order valence-corrected chi connectivity index (χ4v) is 5.13. The molecule has 0 aromatic carbocycles. The van der Waals surface area contributed by atoms with Gasteiger partial charge in [0.2, 0.25) is 11.7 Å². The number of anilines is 2. The molecule has 4 heterocycles. The molecule has 2 N–H and O–H groups in total. The smallest absolute Gasteiger partial charge is 0.304 e. The first-order valence-corrected chi connectivity index (χ1v) is 12.2. The number of hydrogen-bond acceptors (Lipinski definition) is 9. The highest BCUT2D eigenvalue weighted by Crippen LogP contribution is 2.26. The molecule has 33 heavy (non-hydrogen) atoms. The van der Waals surface area contributed by atoms with E-state index in [9.17, 15) is 8.42 Å². The molecule has 4 rings (SSSR count). The molecule has 1 aliphatic rings. The number of nitrogen functional groups attached to an aromatic ring is 1. The maximum atomic E-state index is 12.8. The van der Waals surface area contributed by atoms with Gasteiger partial charge in [0.1, 0.15) is 5.82 Å². The van der Waals surface area contributed by atoms with Crippen LogP contribution in [0.4, 0.5) is 11.5 Å². The van der Waals surface area contributed by atoms with Gasteiger partial charge >= 0.3 is 10.2 Å². The molecule has 0 saturated carbocycles. The first-order chi connectivity index (χ1) is 16.0. The Morgan fingerprint density at radius 2 is 2.00 bits per heavy atom.